The number of rotatable bonds is 7. The first-order valence-corrected chi connectivity index (χ1v) is 11.1. The lowest BCUT2D eigenvalue weighted by Gasteiger charge is -2.35. The van der Waals surface area contributed by atoms with E-state index in [9.17, 15) is 19.2 Å². The number of imide groups is 2. The van der Waals surface area contributed by atoms with Gasteiger partial charge in [0.25, 0.3) is 19.2 Å². The maximum Gasteiger partial charge on any atom is 0.264 e. The van der Waals surface area contributed by atoms with Crippen molar-refractivity contribution in [1.82, 2.24) is 9.71 Å². The fraction of sp³-hybridized carbons (Fsp3) is 0.417. The van der Waals surface area contributed by atoms with Crippen LogP contribution in [-0.2, 0) is 0 Å². The fourth-order valence-corrected chi connectivity index (χ4v) is 4.74. The molecule has 7 heteroatoms. The molecule has 0 aromatic heterocycles. The largest absolute Gasteiger partial charge is 0.325 e. The van der Waals surface area contributed by atoms with Gasteiger partial charge in [-0.15, -0.1) is 0 Å². The Morgan fingerprint density at radius 3 is 1.39 bits per heavy atom. The molecule has 4 rings (SSSR count). The Hall–Kier alpha value is -2.96. The topological polar surface area (TPSA) is 74.8 Å². The minimum atomic E-state index is -0.407. The molecule has 4 amide bonds. The molecule has 2 aromatic carbocycles. The predicted octanol–water partition coefficient (Wildman–Crippen LogP) is 4.45. The molecule has 0 fully saturated rings. The van der Waals surface area contributed by atoms with Gasteiger partial charge in [-0.25, -0.2) is 0 Å². The summed E-state index contributed by atoms with van der Waals surface area (Å²) in [6.45, 7) is 7.94. The molecular formula is C24H26BN2O4. The Kier molecular flexibility index (Phi) is 5.46. The summed E-state index contributed by atoms with van der Waals surface area (Å²) >= 11 is 0. The molecule has 0 bridgehead atoms. The molecule has 0 N–H and O–H groups in total. The van der Waals surface area contributed by atoms with Crippen LogP contribution in [0.25, 0.3) is 10.8 Å². The highest BCUT2D eigenvalue weighted by atomic mass is 16.2. The van der Waals surface area contributed by atoms with Crippen molar-refractivity contribution in [3.63, 3.8) is 0 Å². The number of carbonyl (C=O) groups excluding carboxylic acids is 4. The Balaban J connectivity index is 1.90. The molecule has 0 saturated heterocycles. The molecule has 0 aliphatic carbocycles. The molecule has 2 aromatic rings. The summed E-state index contributed by atoms with van der Waals surface area (Å²) < 4.78 is 0. The summed E-state index contributed by atoms with van der Waals surface area (Å²) in [4.78, 5) is 55.5. The third-order valence-electron chi connectivity index (χ3n) is 6.67. The van der Waals surface area contributed by atoms with Crippen LogP contribution >= 0.6 is 0 Å². The lowest BCUT2D eigenvalue weighted by atomic mass is 9.68. The molecule has 0 saturated carbocycles. The van der Waals surface area contributed by atoms with E-state index in [1.165, 1.54) is 9.71 Å². The average molecular weight is 417 g/mol. The van der Waals surface area contributed by atoms with Crippen molar-refractivity contribution in [2.24, 2.45) is 0 Å². The summed E-state index contributed by atoms with van der Waals surface area (Å²) in [7, 11) is 1.71. The highest BCUT2D eigenvalue weighted by molar-refractivity contribution is 6.49. The Morgan fingerprint density at radius 1 is 0.645 bits per heavy atom. The molecule has 2 aliphatic rings. The average Bonchev–Trinajstić information content (AvgIpc) is 2.79. The zero-order valence-corrected chi connectivity index (χ0v) is 18.4. The first-order chi connectivity index (χ1) is 14.9. The number of hydrogen-bond donors (Lipinski definition) is 0. The number of benzene rings is 2. The van der Waals surface area contributed by atoms with Gasteiger partial charge in [-0.1, -0.05) is 40.5 Å². The van der Waals surface area contributed by atoms with Gasteiger partial charge in [0, 0.05) is 39.1 Å². The van der Waals surface area contributed by atoms with E-state index in [-0.39, 0.29) is 23.7 Å². The highest BCUT2D eigenvalue weighted by Crippen LogP contribution is 2.39. The maximum atomic E-state index is 13.3. The third kappa shape index (κ3) is 3.01. The maximum absolute atomic E-state index is 13.3. The highest BCUT2D eigenvalue weighted by Gasteiger charge is 2.41. The van der Waals surface area contributed by atoms with E-state index >= 15 is 0 Å². The number of nitrogens with zero attached hydrogens (tertiary/aromatic N) is 2. The lowest BCUT2D eigenvalue weighted by molar-refractivity contribution is 0.0527. The zero-order valence-electron chi connectivity index (χ0n) is 18.4. The second kappa shape index (κ2) is 7.95. The molecule has 0 spiro atoms. The molecule has 2 aliphatic heterocycles. The summed E-state index contributed by atoms with van der Waals surface area (Å²) in [6.07, 6.45) is 2.98. The van der Waals surface area contributed by atoms with Crippen LogP contribution in [0.2, 0.25) is 5.82 Å². The second-order valence-corrected chi connectivity index (χ2v) is 8.23. The molecular weight excluding hydrogens is 391 g/mol. The van der Waals surface area contributed by atoms with Gasteiger partial charge in [-0.3, -0.25) is 24.1 Å². The van der Waals surface area contributed by atoms with Crippen LogP contribution in [0.15, 0.2) is 24.3 Å². The molecule has 0 unspecified atom stereocenters. The van der Waals surface area contributed by atoms with Gasteiger partial charge in [0.15, 0.2) is 0 Å². The smallest absolute Gasteiger partial charge is 0.264 e. The summed E-state index contributed by atoms with van der Waals surface area (Å²) in [5.41, 5.74) is 1.46. The van der Waals surface area contributed by atoms with Crippen molar-refractivity contribution in [3.8, 4) is 0 Å². The van der Waals surface area contributed by atoms with Crippen molar-refractivity contribution < 1.29 is 19.2 Å². The molecule has 2 heterocycles. The van der Waals surface area contributed by atoms with E-state index in [0.717, 1.165) is 12.8 Å². The minimum absolute atomic E-state index is 0.110. The summed E-state index contributed by atoms with van der Waals surface area (Å²) in [5, 5.41) is 0.848. The van der Waals surface area contributed by atoms with E-state index < -0.39 is 11.8 Å². The van der Waals surface area contributed by atoms with E-state index in [4.69, 9.17) is 0 Å². The van der Waals surface area contributed by atoms with E-state index in [2.05, 4.69) is 0 Å². The zero-order chi connectivity index (χ0) is 22.4. The third-order valence-corrected chi connectivity index (χ3v) is 6.67. The van der Waals surface area contributed by atoms with Crippen molar-refractivity contribution >= 4 is 41.8 Å². The molecule has 6 nitrogen and oxygen atoms in total. The van der Waals surface area contributed by atoms with Crippen LogP contribution in [0.4, 0.5) is 0 Å². The van der Waals surface area contributed by atoms with Gasteiger partial charge in [0.2, 0.25) is 11.8 Å². The number of amides is 4. The Morgan fingerprint density at radius 2 is 1.03 bits per heavy atom. The second-order valence-electron chi connectivity index (χ2n) is 8.23. The van der Waals surface area contributed by atoms with Gasteiger partial charge in [0.1, 0.15) is 0 Å². The normalized spacial score (nSPS) is 15.7. The van der Waals surface area contributed by atoms with Gasteiger partial charge in [-0.2, -0.15) is 0 Å². The van der Waals surface area contributed by atoms with Crippen molar-refractivity contribution in [3.05, 3.63) is 46.5 Å². The Bertz CT molecular complexity index is 1050. The van der Waals surface area contributed by atoms with Crippen LogP contribution in [0.5, 0.6) is 0 Å². The summed E-state index contributed by atoms with van der Waals surface area (Å²) in [5.74, 6) is -1.42. The van der Waals surface area contributed by atoms with Crippen molar-refractivity contribution in [2.75, 3.05) is 0 Å². The predicted molar refractivity (Wildman–Crippen MR) is 119 cm³/mol. The fourth-order valence-electron chi connectivity index (χ4n) is 4.74. The van der Waals surface area contributed by atoms with E-state index in [1.54, 1.807) is 31.7 Å². The SMILES string of the molecule is CCC([B]N1C(=O)c2ccc3c4c(ccc(c24)C1=O)C(=O)N(C(CC)CC)C3=O)CC. The van der Waals surface area contributed by atoms with E-state index in [0.29, 0.717) is 45.9 Å². The summed E-state index contributed by atoms with van der Waals surface area (Å²) in [6, 6.07) is 6.29. The Labute approximate surface area is 182 Å². The first-order valence-electron chi connectivity index (χ1n) is 11.1. The minimum Gasteiger partial charge on any atom is -0.325 e. The lowest BCUT2D eigenvalue weighted by Crippen LogP contribution is -2.48. The molecule has 0 atom stereocenters. The monoisotopic (exact) mass is 417 g/mol. The van der Waals surface area contributed by atoms with Gasteiger partial charge < -0.3 is 4.81 Å². The molecule has 159 valence electrons. The van der Waals surface area contributed by atoms with Crippen molar-refractivity contribution in [2.45, 2.75) is 65.2 Å². The standard InChI is InChI=1S/C24H26BN2O4/c1-5-13(6-2)25-27-23(30)17-11-9-15-19-16(10-12-18(20(17)19)24(27)31)22(29)26(21(15)28)14(7-3)8-4/h9-14H,5-8H2,1-4H3. The van der Waals surface area contributed by atoms with Crippen LogP contribution in [-0.4, -0.2) is 46.8 Å². The van der Waals surface area contributed by atoms with Gasteiger partial charge >= 0.3 is 0 Å². The molecule has 31 heavy (non-hydrogen) atoms. The van der Waals surface area contributed by atoms with Gasteiger partial charge in [-0.05, 0) is 42.9 Å². The molecule has 1 radical (unpaired) electrons. The quantitative estimate of drug-likeness (QED) is 0.493. The van der Waals surface area contributed by atoms with Crippen LogP contribution in [0.3, 0.4) is 0 Å². The van der Waals surface area contributed by atoms with Crippen LogP contribution < -0.4 is 0 Å². The van der Waals surface area contributed by atoms with E-state index in [1.807, 2.05) is 27.7 Å². The first kappa shape index (κ1) is 21.3. The number of carbonyl (C=O) groups is 4. The van der Waals surface area contributed by atoms with Crippen molar-refractivity contribution in [1.29, 1.82) is 0 Å². The van der Waals surface area contributed by atoms with Gasteiger partial charge in [0.05, 0.1) is 0 Å². The number of hydrogen-bond acceptors (Lipinski definition) is 4. The van der Waals surface area contributed by atoms with Crippen LogP contribution in [0, 0.1) is 0 Å². The van der Waals surface area contributed by atoms with Crippen LogP contribution in [0.1, 0.15) is 94.8 Å².